The number of hydrogen-bond donors (Lipinski definition) is 1. The molecule has 0 amide bonds. The van der Waals surface area contributed by atoms with E-state index < -0.39 is 0 Å². The lowest BCUT2D eigenvalue weighted by Gasteiger charge is -2.36. The Balaban J connectivity index is 2.53. The van der Waals surface area contributed by atoms with Crippen LogP contribution in [0.15, 0.2) is 0 Å². The van der Waals surface area contributed by atoms with Crippen molar-refractivity contribution in [2.45, 2.75) is 70.9 Å². The number of likely N-dealkylation sites (tertiary alicyclic amines) is 1. The Kier molecular flexibility index (Phi) is 5.07. The predicted octanol–water partition coefficient (Wildman–Crippen LogP) is 2.77. The molecule has 0 aromatic carbocycles. The lowest BCUT2D eigenvalue weighted by molar-refractivity contribution is 0.157. The fourth-order valence-electron chi connectivity index (χ4n) is 2.45. The van der Waals surface area contributed by atoms with Crippen molar-refractivity contribution in [1.82, 2.24) is 4.90 Å². The molecule has 2 heteroatoms. The van der Waals surface area contributed by atoms with Crippen molar-refractivity contribution in [1.29, 1.82) is 0 Å². The Hall–Kier alpha value is -0.0800. The molecule has 90 valence electrons. The molecule has 0 aliphatic carbocycles. The van der Waals surface area contributed by atoms with Gasteiger partial charge < -0.3 is 5.73 Å². The molecule has 1 aliphatic heterocycles. The van der Waals surface area contributed by atoms with Crippen LogP contribution < -0.4 is 5.73 Å². The molecule has 1 saturated heterocycles. The number of rotatable bonds is 4. The standard InChI is InChI=1S/C13H28N2/c1-4-13(14,5-2)11-15-10-8-6-7-9-12(15)3/h12H,4-11,14H2,1-3H3. The van der Waals surface area contributed by atoms with E-state index in [1.807, 2.05) is 0 Å². The van der Waals surface area contributed by atoms with Crippen LogP contribution in [0.5, 0.6) is 0 Å². The topological polar surface area (TPSA) is 29.3 Å². The minimum absolute atomic E-state index is 0.0403. The fourth-order valence-corrected chi connectivity index (χ4v) is 2.45. The average molecular weight is 212 g/mol. The monoisotopic (exact) mass is 212 g/mol. The van der Waals surface area contributed by atoms with E-state index >= 15 is 0 Å². The molecular formula is C13H28N2. The maximum atomic E-state index is 6.40. The van der Waals surface area contributed by atoms with Crippen LogP contribution in [0.25, 0.3) is 0 Å². The van der Waals surface area contributed by atoms with Gasteiger partial charge in [0, 0.05) is 18.1 Å². The van der Waals surface area contributed by atoms with Gasteiger partial charge in [-0.1, -0.05) is 26.7 Å². The second-order valence-electron chi connectivity index (χ2n) is 5.24. The molecule has 0 aromatic heterocycles. The van der Waals surface area contributed by atoms with Gasteiger partial charge >= 0.3 is 0 Å². The first-order valence-electron chi connectivity index (χ1n) is 6.64. The van der Waals surface area contributed by atoms with Crippen LogP contribution in [0.4, 0.5) is 0 Å². The van der Waals surface area contributed by atoms with E-state index in [-0.39, 0.29) is 5.54 Å². The lowest BCUT2D eigenvalue weighted by Crippen LogP contribution is -2.51. The SMILES string of the molecule is CCC(N)(CC)CN1CCCCCC1C. The molecule has 1 aliphatic rings. The van der Waals surface area contributed by atoms with Crippen molar-refractivity contribution in [3.8, 4) is 0 Å². The van der Waals surface area contributed by atoms with Gasteiger partial charge in [-0.2, -0.15) is 0 Å². The third-order valence-corrected chi connectivity index (χ3v) is 4.12. The van der Waals surface area contributed by atoms with E-state index in [1.165, 1.54) is 32.2 Å². The summed E-state index contributed by atoms with van der Waals surface area (Å²) in [7, 11) is 0. The summed E-state index contributed by atoms with van der Waals surface area (Å²) in [6.07, 6.45) is 7.68. The summed E-state index contributed by atoms with van der Waals surface area (Å²) >= 11 is 0. The van der Waals surface area contributed by atoms with Crippen molar-refractivity contribution in [3.63, 3.8) is 0 Å². The largest absolute Gasteiger partial charge is 0.324 e. The van der Waals surface area contributed by atoms with Crippen molar-refractivity contribution in [2.75, 3.05) is 13.1 Å². The van der Waals surface area contributed by atoms with Crippen molar-refractivity contribution >= 4 is 0 Å². The van der Waals surface area contributed by atoms with Crippen LogP contribution in [0, 0.1) is 0 Å². The number of nitrogens with zero attached hydrogens (tertiary/aromatic N) is 1. The summed E-state index contributed by atoms with van der Waals surface area (Å²) in [6, 6.07) is 0.730. The van der Waals surface area contributed by atoms with Crippen molar-refractivity contribution in [3.05, 3.63) is 0 Å². The molecule has 1 fully saturated rings. The molecule has 0 spiro atoms. The highest BCUT2D eigenvalue weighted by molar-refractivity contribution is 4.87. The molecular weight excluding hydrogens is 184 g/mol. The van der Waals surface area contributed by atoms with Crippen LogP contribution in [-0.4, -0.2) is 29.6 Å². The smallest absolute Gasteiger partial charge is 0.0278 e. The second kappa shape index (κ2) is 5.86. The Morgan fingerprint density at radius 2 is 1.87 bits per heavy atom. The molecule has 1 atom stereocenters. The Labute approximate surface area is 95.2 Å². The van der Waals surface area contributed by atoms with Gasteiger partial charge in [0.2, 0.25) is 0 Å². The summed E-state index contributed by atoms with van der Waals surface area (Å²) < 4.78 is 0. The van der Waals surface area contributed by atoms with E-state index in [4.69, 9.17) is 5.73 Å². The zero-order valence-electron chi connectivity index (χ0n) is 10.8. The number of nitrogens with two attached hydrogens (primary N) is 1. The van der Waals surface area contributed by atoms with E-state index in [2.05, 4.69) is 25.7 Å². The first-order valence-corrected chi connectivity index (χ1v) is 6.64. The minimum atomic E-state index is 0.0403. The predicted molar refractivity (Wildman–Crippen MR) is 67.0 cm³/mol. The van der Waals surface area contributed by atoms with Crippen LogP contribution in [0.1, 0.15) is 59.3 Å². The molecule has 0 radical (unpaired) electrons. The Morgan fingerprint density at radius 3 is 2.47 bits per heavy atom. The zero-order valence-corrected chi connectivity index (χ0v) is 10.8. The van der Waals surface area contributed by atoms with Crippen molar-refractivity contribution in [2.24, 2.45) is 5.73 Å². The van der Waals surface area contributed by atoms with Gasteiger partial charge in [-0.05, 0) is 39.2 Å². The first-order chi connectivity index (χ1) is 7.11. The quantitative estimate of drug-likeness (QED) is 0.776. The summed E-state index contributed by atoms with van der Waals surface area (Å²) in [5.41, 5.74) is 6.44. The molecule has 0 saturated carbocycles. The summed E-state index contributed by atoms with van der Waals surface area (Å²) in [5, 5.41) is 0. The normalized spacial score (nSPS) is 25.2. The summed E-state index contributed by atoms with van der Waals surface area (Å²) in [5.74, 6) is 0. The van der Waals surface area contributed by atoms with Gasteiger partial charge in [-0.3, -0.25) is 4.90 Å². The molecule has 2 nitrogen and oxygen atoms in total. The van der Waals surface area contributed by atoms with Gasteiger partial charge in [0.1, 0.15) is 0 Å². The van der Waals surface area contributed by atoms with E-state index in [0.717, 1.165) is 25.4 Å². The van der Waals surface area contributed by atoms with Gasteiger partial charge in [0.25, 0.3) is 0 Å². The van der Waals surface area contributed by atoms with Gasteiger partial charge in [0.05, 0.1) is 0 Å². The maximum Gasteiger partial charge on any atom is 0.0278 e. The third-order valence-electron chi connectivity index (χ3n) is 4.12. The molecule has 15 heavy (non-hydrogen) atoms. The summed E-state index contributed by atoms with van der Waals surface area (Å²) in [4.78, 5) is 2.61. The van der Waals surface area contributed by atoms with Gasteiger partial charge in [0.15, 0.2) is 0 Å². The minimum Gasteiger partial charge on any atom is -0.324 e. The Bertz CT molecular complexity index is 175. The highest BCUT2D eigenvalue weighted by Crippen LogP contribution is 2.21. The Morgan fingerprint density at radius 1 is 1.20 bits per heavy atom. The van der Waals surface area contributed by atoms with Crippen molar-refractivity contribution < 1.29 is 0 Å². The highest BCUT2D eigenvalue weighted by atomic mass is 15.2. The van der Waals surface area contributed by atoms with Crippen LogP contribution >= 0.6 is 0 Å². The van der Waals surface area contributed by atoms with E-state index in [9.17, 15) is 0 Å². The van der Waals surface area contributed by atoms with E-state index in [1.54, 1.807) is 0 Å². The average Bonchev–Trinajstić information content (AvgIpc) is 2.44. The van der Waals surface area contributed by atoms with E-state index in [0.29, 0.717) is 0 Å². The van der Waals surface area contributed by atoms with Crippen LogP contribution in [0.3, 0.4) is 0 Å². The molecule has 2 N–H and O–H groups in total. The molecule has 1 heterocycles. The maximum absolute atomic E-state index is 6.40. The van der Waals surface area contributed by atoms with Crippen LogP contribution in [0.2, 0.25) is 0 Å². The third kappa shape index (κ3) is 3.76. The lowest BCUT2D eigenvalue weighted by atomic mass is 9.93. The molecule has 0 aromatic rings. The fraction of sp³-hybridized carbons (Fsp3) is 1.00. The summed E-state index contributed by atoms with van der Waals surface area (Å²) in [6.45, 7) is 9.12. The molecule has 1 rings (SSSR count). The van der Waals surface area contributed by atoms with Gasteiger partial charge in [-0.15, -0.1) is 0 Å². The highest BCUT2D eigenvalue weighted by Gasteiger charge is 2.26. The molecule has 1 unspecified atom stereocenters. The molecule has 0 bridgehead atoms. The number of hydrogen-bond acceptors (Lipinski definition) is 2. The zero-order chi connectivity index (χ0) is 11.3. The first kappa shape index (κ1) is 13.0. The van der Waals surface area contributed by atoms with Crippen LogP contribution in [-0.2, 0) is 0 Å². The second-order valence-corrected chi connectivity index (χ2v) is 5.24. The van der Waals surface area contributed by atoms with Gasteiger partial charge in [-0.25, -0.2) is 0 Å².